The minimum atomic E-state index is -1.89. The Hall–Kier alpha value is -2.17. The van der Waals surface area contributed by atoms with Crippen LogP contribution >= 0.6 is 0 Å². The average Bonchev–Trinajstić information content (AvgIpc) is 3.42. The average molecular weight is 371 g/mol. The molecule has 4 rings (SSSR count). The highest BCUT2D eigenvalue weighted by atomic mass is 29.3. The number of benzene rings is 2. The van der Waals surface area contributed by atoms with E-state index in [9.17, 15) is 0 Å². The zero-order chi connectivity index (χ0) is 18.0. The lowest BCUT2D eigenvalue weighted by Crippen LogP contribution is -2.75. The first-order valence-electron chi connectivity index (χ1n) is 9.48. The van der Waals surface area contributed by atoms with Crippen LogP contribution in [0.3, 0.4) is 0 Å². The lowest BCUT2D eigenvalue weighted by Gasteiger charge is -2.49. The van der Waals surface area contributed by atoms with Crippen molar-refractivity contribution in [2.24, 2.45) is 0 Å². The second kappa shape index (κ2) is 6.86. The van der Waals surface area contributed by atoms with Gasteiger partial charge in [-0.1, -0.05) is 133 Å². The zero-order valence-corrected chi connectivity index (χ0v) is 17.5. The number of hydrogen-bond donors (Lipinski definition) is 0. The van der Waals surface area contributed by atoms with Crippen molar-refractivity contribution in [2.45, 2.75) is 24.2 Å². The van der Waals surface area contributed by atoms with Gasteiger partial charge < -0.3 is 0 Å². The van der Waals surface area contributed by atoms with Gasteiger partial charge in [0.25, 0.3) is 0 Å². The van der Waals surface area contributed by atoms with E-state index in [2.05, 4.69) is 122 Å². The summed E-state index contributed by atoms with van der Waals surface area (Å²) >= 11 is 0. The standard InChI is InChI=1S/C24H26Si2/c1-25(23-17-9-10-18-23,21-13-5-3-6-14-21)26(2,24-19-11-12-20-24)22-15-7-4-8-16-22/h3-20,23-24H,1-2H3/t25-,26-/m0/s1. The van der Waals surface area contributed by atoms with E-state index in [-0.39, 0.29) is 0 Å². The van der Waals surface area contributed by atoms with E-state index in [0.717, 1.165) is 0 Å². The fraction of sp³-hybridized carbons (Fsp3) is 0.167. The molecule has 130 valence electrons. The molecule has 0 bridgehead atoms. The Morgan fingerprint density at radius 2 is 0.808 bits per heavy atom. The third-order valence-electron chi connectivity index (χ3n) is 6.66. The van der Waals surface area contributed by atoms with E-state index in [1.54, 1.807) is 10.4 Å². The first kappa shape index (κ1) is 17.3. The van der Waals surface area contributed by atoms with Crippen LogP contribution in [0.5, 0.6) is 0 Å². The predicted octanol–water partition coefficient (Wildman–Crippen LogP) is 5.03. The summed E-state index contributed by atoms with van der Waals surface area (Å²) in [5, 5.41) is 3.18. The van der Waals surface area contributed by atoms with E-state index in [1.807, 2.05) is 0 Å². The molecule has 0 saturated heterocycles. The molecule has 0 fully saturated rings. The molecule has 0 aliphatic heterocycles. The van der Waals surface area contributed by atoms with Gasteiger partial charge in [0, 0.05) is 0 Å². The van der Waals surface area contributed by atoms with Gasteiger partial charge in [-0.3, -0.25) is 0 Å². The maximum Gasteiger partial charge on any atom is 0.0936 e. The van der Waals surface area contributed by atoms with Crippen molar-refractivity contribution in [3.63, 3.8) is 0 Å². The molecule has 2 atom stereocenters. The maximum atomic E-state index is 2.65. The number of hydrogen-bond acceptors (Lipinski definition) is 0. The Bertz CT molecular complexity index is 779. The molecule has 0 nitrogen and oxygen atoms in total. The number of allylic oxidation sites excluding steroid dienone is 8. The summed E-state index contributed by atoms with van der Waals surface area (Å²) in [7, 11) is -3.78. The summed E-state index contributed by atoms with van der Waals surface area (Å²) in [6.45, 7) is 5.29. The maximum absolute atomic E-state index is 2.65. The van der Waals surface area contributed by atoms with Gasteiger partial charge in [0.2, 0.25) is 0 Å². The molecule has 0 radical (unpaired) electrons. The molecule has 0 saturated carbocycles. The van der Waals surface area contributed by atoms with Crippen LogP contribution in [0.15, 0.2) is 109 Å². The van der Waals surface area contributed by atoms with Gasteiger partial charge in [0.15, 0.2) is 0 Å². The van der Waals surface area contributed by atoms with E-state index < -0.39 is 15.2 Å². The van der Waals surface area contributed by atoms with Crippen molar-refractivity contribution in [3.05, 3.63) is 109 Å². The molecule has 2 aromatic rings. The predicted molar refractivity (Wildman–Crippen MR) is 119 cm³/mol. The highest BCUT2D eigenvalue weighted by Gasteiger charge is 2.56. The van der Waals surface area contributed by atoms with E-state index >= 15 is 0 Å². The highest BCUT2D eigenvalue weighted by molar-refractivity contribution is 7.52. The highest BCUT2D eigenvalue weighted by Crippen LogP contribution is 2.43. The quantitative estimate of drug-likeness (QED) is 0.648. The third kappa shape index (κ3) is 2.56. The molecule has 0 spiro atoms. The lowest BCUT2D eigenvalue weighted by atomic mass is 10.4. The summed E-state index contributed by atoms with van der Waals surface area (Å²) in [4.78, 5) is 0. The molecule has 26 heavy (non-hydrogen) atoms. The van der Waals surface area contributed by atoms with Crippen LogP contribution in [-0.4, -0.2) is 15.2 Å². The first-order valence-corrected chi connectivity index (χ1v) is 15.6. The van der Waals surface area contributed by atoms with Crippen LogP contribution in [0, 0.1) is 0 Å². The summed E-state index contributed by atoms with van der Waals surface area (Å²) in [5.74, 6) is 0. The smallest absolute Gasteiger partial charge is 0.0802 e. The molecule has 0 unspecified atom stereocenters. The van der Waals surface area contributed by atoms with Crippen molar-refractivity contribution in [1.29, 1.82) is 0 Å². The Kier molecular flexibility index (Phi) is 4.55. The largest absolute Gasteiger partial charge is 0.0936 e. The SMILES string of the molecule is C[Si@](c1ccccc1)(C1C=CC=C1)[Si@@](C)(c1ccccc1)C1C=CC=C1. The topological polar surface area (TPSA) is 0 Å². The number of rotatable bonds is 5. The molecule has 2 aliphatic rings. The van der Waals surface area contributed by atoms with Gasteiger partial charge in [-0.25, -0.2) is 0 Å². The molecule has 2 aliphatic carbocycles. The van der Waals surface area contributed by atoms with Crippen molar-refractivity contribution < 1.29 is 0 Å². The van der Waals surface area contributed by atoms with Crippen LogP contribution in [0.25, 0.3) is 0 Å². The Labute approximate surface area is 159 Å². The first-order chi connectivity index (χ1) is 12.7. The van der Waals surface area contributed by atoms with Crippen LogP contribution in [-0.2, 0) is 0 Å². The van der Waals surface area contributed by atoms with E-state index in [1.165, 1.54) is 0 Å². The van der Waals surface area contributed by atoms with Gasteiger partial charge in [-0.2, -0.15) is 0 Å². The molecular formula is C24H26Si2. The molecule has 2 aromatic carbocycles. The summed E-state index contributed by atoms with van der Waals surface area (Å²) in [6, 6.07) is 22.8. The van der Waals surface area contributed by atoms with Crippen molar-refractivity contribution in [1.82, 2.24) is 0 Å². The monoisotopic (exact) mass is 370 g/mol. The third-order valence-corrected chi connectivity index (χ3v) is 25.5. The van der Waals surface area contributed by atoms with Gasteiger partial charge in [0.1, 0.15) is 0 Å². The molecule has 2 heteroatoms. The van der Waals surface area contributed by atoms with Crippen molar-refractivity contribution >= 4 is 25.6 Å². The van der Waals surface area contributed by atoms with Crippen LogP contribution in [0.1, 0.15) is 0 Å². The Morgan fingerprint density at radius 1 is 0.500 bits per heavy atom. The summed E-state index contributed by atoms with van der Waals surface area (Å²) in [6.07, 6.45) is 18.8. The van der Waals surface area contributed by atoms with Gasteiger partial charge in [-0.15, -0.1) is 0 Å². The van der Waals surface area contributed by atoms with Crippen molar-refractivity contribution in [2.75, 3.05) is 0 Å². The van der Waals surface area contributed by atoms with E-state index in [0.29, 0.717) is 11.1 Å². The van der Waals surface area contributed by atoms with Gasteiger partial charge >= 0.3 is 0 Å². The van der Waals surface area contributed by atoms with Crippen molar-refractivity contribution in [3.8, 4) is 0 Å². The van der Waals surface area contributed by atoms with Gasteiger partial charge in [-0.05, 0) is 11.1 Å². The second-order valence-electron chi connectivity index (χ2n) is 7.73. The molecule has 0 amide bonds. The summed E-state index contributed by atoms with van der Waals surface area (Å²) in [5.41, 5.74) is 1.12. The van der Waals surface area contributed by atoms with Crippen LogP contribution < -0.4 is 10.4 Å². The lowest BCUT2D eigenvalue weighted by molar-refractivity contribution is 1.28. The minimum absolute atomic E-state index is 0.559. The minimum Gasteiger partial charge on any atom is -0.0802 e. The van der Waals surface area contributed by atoms with E-state index in [4.69, 9.17) is 0 Å². The van der Waals surface area contributed by atoms with Gasteiger partial charge in [0.05, 0.1) is 15.2 Å². The normalized spacial score (nSPS) is 21.2. The molecule has 0 heterocycles. The Balaban J connectivity index is 1.99. The Morgan fingerprint density at radius 3 is 1.12 bits per heavy atom. The van der Waals surface area contributed by atoms with Crippen LogP contribution in [0.2, 0.25) is 24.2 Å². The fourth-order valence-corrected chi connectivity index (χ4v) is 21.9. The summed E-state index contributed by atoms with van der Waals surface area (Å²) < 4.78 is 0. The molecular weight excluding hydrogens is 344 g/mol. The zero-order valence-electron chi connectivity index (χ0n) is 15.5. The molecule has 0 N–H and O–H groups in total. The van der Waals surface area contributed by atoms with Crippen LogP contribution in [0.4, 0.5) is 0 Å². The fourth-order valence-electron chi connectivity index (χ4n) is 4.88. The molecule has 0 aromatic heterocycles. The second-order valence-corrected chi connectivity index (χ2v) is 21.3.